The Hall–Kier alpha value is -0.0100. The Bertz CT molecular complexity index is 626. The Kier molecular flexibility index (Phi) is 6.24. The third-order valence-electron chi connectivity index (χ3n) is 10.3. The summed E-state index contributed by atoms with van der Waals surface area (Å²) in [6, 6.07) is 0. The van der Waals surface area contributed by atoms with Gasteiger partial charge in [-0.2, -0.15) is 0 Å². The van der Waals surface area contributed by atoms with Crippen LogP contribution in [0.4, 0.5) is 0 Å². The zero-order chi connectivity index (χ0) is 21.0. The Labute approximate surface area is 185 Å². The van der Waals surface area contributed by atoms with E-state index in [4.69, 9.17) is 11.6 Å². The standard InChI is InChI=1S/C27H45ClO/c1-17(2)7-6-8-18(3)22-11-12-23-21-10-9-19-15-20(29)16-25(28)27(19,5)24(21)13-14-26(22,23)4/h9,17-18,20-25,29H,6-8,10-16H2,1-5H3/t18-,20+,21+,22-,23+,24+,25?,26-,27+/m1/s1. The summed E-state index contributed by atoms with van der Waals surface area (Å²) in [4.78, 5) is 0. The molecule has 0 saturated heterocycles. The van der Waals surface area contributed by atoms with Gasteiger partial charge >= 0.3 is 0 Å². The average Bonchev–Trinajstić information content (AvgIpc) is 3.00. The minimum Gasteiger partial charge on any atom is -0.393 e. The normalized spacial score (nSPS) is 47.9. The van der Waals surface area contributed by atoms with Crippen molar-refractivity contribution in [1.29, 1.82) is 0 Å². The molecule has 0 radical (unpaired) electrons. The summed E-state index contributed by atoms with van der Waals surface area (Å²) in [6.07, 6.45) is 15.0. The highest BCUT2D eigenvalue weighted by Gasteiger charge is 2.60. The Morgan fingerprint density at radius 1 is 1.10 bits per heavy atom. The Morgan fingerprint density at radius 3 is 2.59 bits per heavy atom. The van der Waals surface area contributed by atoms with Gasteiger partial charge < -0.3 is 5.11 Å². The van der Waals surface area contributed by atoms with Gasteiger partial charge in [-0.15, -0.1) is 11.6 Å². The van der Waals surface area contributed by atoms with E-state index in [-0.39, 0.29) is 16.9 Å². The summed E-state index contributed by atoms with van der Waals surface area (Å²) >= 11 is 6.98. The van der Waals surface area contributed by atoms with Crippen LogP contribution < -0.4 is 0 Å². The Balaban J connectivity index is 1.52. The lowest BCUT2D eigenvalue weighted by molar-refractivity contribution is -0.0557. The van der Waals surface area contributed by atoms with Gasteiger partial charge in [-0.1, -0.05) is 65.5 Å². The van der Waals surface area contributed by atoms with Gasteiger partial charge in [-0.25, -0.2) is 0 Å². The van der Waals surface area contributed by atoms with Gasteiger partial charge in [0.15, 0.2) is 0 Å². The van der Waals surface area contributed by atoms with Crippen molar-refractivity contribution >= 4 is 11.6 Å². The van der Waals surface area contributed by atoms with Crippen LogP contribution in [0.2, 0.25) is 0 Å². The number of alkyl halides is 1. The van der Waals surface area contributed by atoms with Crippen molar-refractivity contribution in [3.05, 3.63) is 11.6 Å². The lowest BCUT2D eigenvalue weighted by atomic mass is 9.46. The fourth-order valence-electron chi connectivity index (χ4n) is 8.68. The minimum absolute atomic E-state index is 0.0989. The van der Waals surface area contributed by atoms with E-state index in [1.54, 1.807) is 0 Å². The molecule has 0 aromatic carbocycles. The van der Waals surface area contributed by atoms with Gasteiger partial charge in [0.2, 0.25) is 0 Å². The van der Waals surface area contributed by atoms with Crippen LogP contribution in [-0.4, -0.2) is 16.6 Å². The SMILES string of the molecule is CC(C)CCC[C@@H](C)[C@H]1CC[C@H]2[C@@H]3CC=C4C[C@H](O)CC(Cl)[C@]4(C)[C@H]3CC[C@]12C. The van der Waals surface area contributed by atoms with E-state index in [1.165, 1.54) is 56.9 Å². The van der Waals surface area contributed by atoms with Crippen LogP contribution in [0.15, 0.2) is 11.6 Å². The third-order valence-corrected chi connectivity index (χ3v) is 11.0. The summed E-state index contributed by atoms with van der Waals surface area (Å²) < 4.78 is 0. The molecule has 0 aromatic rings. The molecule has 4 rings (SSSR count). The van der Waals surface area contributed by atoms with Gasteiger partial charge in [0.1, 0.15) is 0 Å². The van der Waals surface area contributed by atoms with Crippen LogP contribution in [0.5, 0.6) is 0 Å². The maximum atomic E-state index is 10.3. The Morgan fingerprint density at radius 2 is 1.86 bits per heavy atom. The number of fused-ring (bicyclic) bond motifs is 5. The van der Waals surface area contributed by atoms with Crippen molar-refractivity contribution in [2.24, 2.45) is 46.3 Å². The second-order valence-electron chi connectivity index (χ2n) is 12.2. The molecule has 166 valence electrons. The molecule has 4 aliphatic rings. The molecule has 1 N–H and O–H groups in total. The number of hydrogen-bond donors (Lipinski definition) is 1. The second kappa shape index (κ2) is 8.16. The maximum Gasteiger partial charge on any atom is 0.0591 e. The largest absolute Gasteiger partial charge is 0.393 e. The predicted molar refractivity (Wildman–Crippen MR) is 124 cm³/mol. The molecule has 1 nitrogen and oxygen atoms in total. The molecule has 2 heteroatoms. The van der Waals surface area contributed by atoms with Gasteiger partial charge in [-0.3, -0.25) is 0 Å². The summed E-state index contributed by atoms with van der Waals surface area (Å²) in [6.45, 7) is 12.4. The van der Waals surface area contributed by atoms with Crippen molar-refractivity contribution in [2.75, 3.05) is 0 Å². The zero-order valence-corrected chi connectivity index (χ0v) is 20.3. The van der Waals surface area contributed by atoms with Crippen LogP contribution >= 0.6 is 11.6 Å². The van der Waals surface area contributed by atoms with Gasteiger partial charge in [0.25, 0.3) is 0 Å². The minimum atomic E-state index is -0.232. The van der Waals surface area contributed by atoms with Crippen molar-refractivity contribution in [3.8, 4) is 0 Å². The number of halogens is 1. The van der Waals surface area contributed by atoms with Crippen LogP contribution in [-0.2, 0) is 0 Å². The number of aliphatic hydroxyl groups is 1. The van der Waals surface area contributed by atoms with E-state index >= 15 is 0 Å². The topological polar surface area (TPSA) is 20.2 Å². The summed E-state index contributed by atoms with van der Waals surface area (Å²) in [5, 5.41) is 10.4. The number of rotatable bonds is 5. The van der Waals surface area contributed by atoms with Crippen LogP contribution in [0, 0.1) is 46.3 Å². The average molecular weight is 421 g/mol. The smallest absolute Gasteiger partial charge is 0.0591 e. The molecule has 0 spiro atoms. The number of allylic oxidation sites excluding steroid dienone is 1. The lowest BCUT2D eigenvalue weighted by Gasteiger charge is -2.59. The first-order valence-electron chi connectivity index (χ1n) is 12.7. The first-order valence-corrected chi connectivity index (χ1v) is 13.1. The predicted octanol–water partition coefficient (Wildman–Crippen LogP) is 7.61. The van der Waals surface area contributed by atoms with Crippen molar-refractivity contribution in [1.82, 2.24) is 0 Å². The summed E-state index contributed by atoms with van der Waals surface area (Å²) in [5.41, 5.74) is 2.14. The highest BCUT2D eigenvalue weighted by molar-refractivity contribution is 6.21. The lowest BCUT2D eigenvalue weighted by Crippen LogP contribution is -2.54. The van der Waals surface area contributed by atoms with Crippen molar-refractivity contribution in [2.45, 2.75) is 110 Å². The van der Waals surface area contributed by atoms with Crippen molar-refractivity contribution in [3.63, 3.8) is 0 Å². The van der Waals surface area contributed by atoms with E-state index in [0.717, 1.165) is 48.3 Å². The molecule has 0 aliphatic heterocycles. The summed E-state index contributed by atoms with van der Waals surface area (Å²) in [7, 11) is 0. The molecule has 3 fully saturated rings. The van der Waals surface area contributed by atoms with Crippen LogP contribution in [0.25, 0.3) is 0 Å². The monoisotopic (exact) mass is 420 g/mol. The molecule has 9 atom stereocenters. The highest BCUT2D eigenvalue weighted by Crippen LogP contribution is 2.67. The number of hydrogen-bond acceptors (Lipinski definition) is 1. The summed E-state index contributed by atoms with van der Waals surface area (Å²) in [5.74, 6) is 5.04. The molecule has 0 amide bonds. The first kappa shape index (κ1) is 22.2. The van der Waals surface area contributed by atoms with Gasteiger partial charge in [-0.05, 0) is 85.9 Å². The zero-order valence-electron chi connectivity index (χ0n) is 19.6. The van der Waals surface area contributed by atoms with E-state index in [0.29, 0.717) is 5.41 Å². The molecule has 1 unspecified atom stereocenters. The second-order valence-corrected chi connectivity index (χ2v) is 12.7. The van der Waals surface area contributed by atoms with Gasteiger partial charge in [0, 0.05) is 10.8 Å². The van der Waals surface area contributed by atoms with Gasteiger partial charge in [0.05, 0.1) is 6.10 Å². The van der Waals surface area contributed by atoms with E-state index < -0.39 is 0 Å². The van der Waals surface area contributed by atoms with E-state index in [1.807, 2.05) is 0 Å². The van der Waals surface area contributed by atoms with E-state index in [9.17, 15) is 5.11 Å². The van der Waals surface area contributed by atoms with Crippen LogP contribution in [0.3, 0.4) is 0 Å². The fraction of sp³-hybridized carbons (Fsp3) is 0.926. The molecule has 29 heavy (non-hydrogen) atoms. The molecule has 3 saturated carbocycles. The highest BCUT2D eigenvalue weighted by atomic mass is 35.5. The molecule has 4 aliphatic carbocycles. The first-order chi connectivity index (χ1) is 13.7. The molecule has 0 heterocycles. The van der Waals surface area contributed by atoms with Crippen molar-refractivity contribution < 1.29 is 5.11 Å². The van der Waals surface area contributed by atoms with Crippen LogP contribution in [0.1, 0.15) is 98.8 Å². The molecule has 0 bridgehead atoms. The molecular weight excluding hydrogens is 376 g/mol. The molecule has 0 aromatic heterocycles. The van der Waals surface area contributed by atoms with E-state index in [2.05, 4.69) is 40.7 Å². The quantitative estimate of drug-likeness (QED) is 0.358. The molecular formula is C27H45ClO. The maximum absolute atomic E-state index is 10.3. The number of aliphatic hydroxyl groups excluding tert-OH is 1. The fourth-order valence-corrected chi connectivity index (χ4v) is 9.19. The third kappa shape index (κ3) is 3.65.